The number of allylic oxidation sites excluding steroid dienone is 1. The summed E-state index contributed by atoms with van der Waals surface area (Å²) in [6.45, 7) is 5.83. The highest BCUT2D eigenvalue weighted by Crippen LogP contribution is 2.19. The largest absolute Gasteiger partial charge is 0.452 e. The van der Waals surface area contributed by atoms with Crippen molar-refractivity contribution in [2.75, 3.05) is 6.54 Å². The van der Waals surface area contributed by atoms with Gasteiger partial charge in [0.25, 0.3) is 11.7 Å². The first-order valence-corrected chi connectivity index (χ1v) is 9.76. The summed E-state index contributed by atoms with van der Waals surface area (Å²) in [7, 11) is 0. The first kappa shape index (κ1) is 20.0. The molecule has 1 N–H and O–H groups in total. The smallest absolute Gasteiger partial charge is 0.311 e. The van der Waals surface area contributed by atoms with Gasteiger partial charge in [0.05, 0.1) is 6.42 Å². The van der Waals surface area contributed by atoms with Crippen LogP contribution < -0.4 is 5.32 Å². The molecule has 0 fully saturated rings. The highest BCUT2D eigenvalue weighted by molar-refractivity contribution is 5.84. The van der Waals surface area contributed by atoms with Crippen molar-refractivity contribution < 1.29 is 14.3 Å². The number of aromatic nitrogens is 4. The van der Waals surface area contributed by atoms with Gasteiger partial charge in [0.1, 0.15) is 6.33 Å². The lowest BCUT2D eigenvalue weighted by molar-refractivity contribution is -0.154. The number of nitrogens with one attached hydrogen (secondary N) is 1. The highest BCUT2D eigenvalue weighted by Gasteiger charge is 2.20. The molecule has 8 nitrogen and oxygen atoms in total. The number of esters is 1. The van der Waals surface area contributed by atoms with Gasteiger partial charge in [0.15, 0.2) is 6.10 Å². The van der Waals surface area contributed by atoms with Crippen molar-refractivity contribution >= 4 is 17.7 Å². The standard InChI is InChI=1S/C20H27N5O3/c1-13-17(14(2)25-20(24-13)22-12-23-25)11-18(26)28-15(3)19(27)21-10-9-16-7-5-4-6-8-16/h7,12,15H,4-6,8-11H2,1-3H3,(H,21,27)/t15-/m0/s1. The van der Waals surface area contributed by atoms with Crippen LogP contribution in [0.3, 0.4) is 0 Å². The summed E-state index contributed by atoms with van der Waals surface area (Å²) in [5, 5.41) is 6.96. The maximum Gasteiger partial charge on any atom is 0.311 e. The lowest BCUT2D eigenvalue weighted by Gasteiger charge is -2.16. The number of hydrogen-bond donors (Lipinski definition) is 1. The molecular weight excluding hydrogens is 358 g/mol. The van der Waals surface area contributed by atoms with Crippen molar-refractivity contribution in [1.82, 2.24) is 24.9 Å². The van der Waals surface area contributed by atoms with Crippen molar-refractivity contribution in [2.24, 2.45) is 0 Å². The minimum atomic E-state index is -0.837. The zero-order chi connectivity index (χ0) is 20.1. The lowest BCUT2D eigenvalue weighted by Crippen LogP contribution is -2.36. The third-order valence-electron chi connectivity index (χ3n) is 5.12. The van der Waals surface area contributed by atoms with Crippen molar-refractivity contribution in [3.8, 4) is 0 Å². The van der Waals surface area contributed by atoms with E-state index in [0.29, 0.717) is 18.0 Å². The maximum absolute atomic E-state index is 12.3. The summed E-state index contributed by atoms with van der Waals surface area (Å²) in [5.74, 6) is -0.249. The first-order chi connectivity index (χ1) is 13.5. The normalized spacial score (nSPS) is 15.2. The Kier molecular flexibility index (Phi) is 6.38. The van der Waals surface area contributed by atoms with Gasteiger partial charge in [-0.05, 0) is 52.9 Å². The van der Waals surface area contributed by atoms with Crippen LogP contribution in [0.4, 0.5) is 0 Å². The van der Waals surface area contributed by atoms with Crippen LogP contribution in [0.1, 0.15) is 56.0 Å². The van der Waals surface area contributed by atoms with Crippen molar-refractivity contribution in [3.63, 3.8) is 0 Å². The van der Waals surface area contributed by atoms with Gasteiger partial charge in [0.2, 0.25) is 0 Å². The Hall–Kier alpha value is -2.77. The number of aryl methyl sites for hydroxylation is 2. The van der Waals surface area contributed by atoms with Gasteiger partial charge in [0, 0.05) is 23.5 Å². The number of carbonyl (C=O) groups excluding carboxylic acids is 2. The molecule has 0 saturated carbocycles. The molecule has 1 aliphatic rings. The van der Waals surface area contributed by atoms with Crippen molar-refractivity contribution in [3.05, 3.63) is 34.9 Å². The van der Waals surface area contributed by atoms with E-state index in [1.165, 1.54) is 24.7 Å². The Morgan fingerprint density at radius 2 is 2.14 bits per heavy atom. The summed E-state index contributed by atoms with van der Waals surface area (Å²) in [5.41, 5.74) is 3.63. The van der Waals surface area contributed by atoms with E-state index in [2.05, 4.69) is 26.5 Å². The number of fused-ring (bicyclic) bond motifs is 1. The van der Waals surface area contributed by atoms with Crippen LogP contribution in [0, 0.1) is 13.8 Å². The Labute approximate surface area is 164 Å². The molecule has 150 valence electrons. The number of carbonyl (C=O) groups is 2. The average molecular weight is 385 g/mol. The van der Waals surface area contributed by atoms with Crippen LogP contribution in [0.5, 0.6) is 0 Å². The molecule has 2 aromatic heterocycles. The Morgan fingerprint density at radius 3 is 2.89 bits per heavy atom. The maximum atomic E-state index is 12.3. The van der Waals surface area contributed by atoms with Gasteiger partial charge in [-0.2, -0.15) is 10.1 Å². The number of amides is 1. The SMILES string of the molecule is Cc1nc2ncnn2c(C)c1CC(=O)O[C@@H](C)C(=O)NCCC1=CCCCC1. The number of nitrogens with zero attached hydrogens (tertiary/aromatic N) is 4. The fraction of sp³-hybridized carbons (Fsp3) is 0.550. The Morgan fingerprint density at radius 1 is 1.32 bits per heavy atom. The highest BCUT2D eigenvalue weighted by atomic mass is 16.5. The van der Waals surface area contributed by atoms with Crippen LogP contribution in [0.25, 0.3) is 5.78 Å². The predicted octanol–water partition coefficient (Wildman–Crippen LogP) is 2.22. The summed E-state index contributed by atoms with van der Waals surface area (Å²) in [6.07, 6.45) is 8.46. The molecule has 2 heterocycles. The summed E-state index contributed by atoms with van der Waals surface area (Å²) in [6, 6.07) is 0. The Bertz CT molecular complexity index is 903. The first-order valence-electron chi connectivity index (χ1n) is 9.76. The topological polar surface area (TPSA) is 98.5 Å². The van der Waals surface area contributed by atoms with Gasteiger partial charge in [-0.15, -0.1) is 0 Å². The van der Waals surface area contributed by atoms with E-state index in [1.807, 2.05) is 13.8 Å². The molecule has 2 aromatic rings. The second kappa shape index (κ2) is 8.95. The molecule has 1 amide bonds. The second-order valence-electron chi connectivity index (χ2n) is 7.19. The predicted molar refractivity (Wildman–Crippen MR) is 104 cm³/mol. The minimum Gasteiger partial charge on any atom is -0.452 e. The van der Waals surface area contributed by atoms with E-state index in [-0.39, 0.29) is 12.3 Å². The second-order valence-corrected chi connectivity index (χ2v) is 7.19. The number of rotatable bonds is 7. The average Bonchev–Trinajstić information content (AvgIpc) is 3.14. The van der Waals surface area contributed by atoms with Crippen LogP contribution in [0.2, 0.25) is 0 Å². The Balaban J connectivity index is 1.51. The molecule has 1 aliphatic carbocycles. The van der Waals surface area contributed by atoms with E-state index in [9.17, 15) is 9.59 Å². The molecule has 3 rings (SSSR count). The van der Waals surface area contributed by atoms with Crippen LogP contribution >= 0.6 is 0 Å². The zero-order valence-corrected chi connectivity index (χ0v) is 16.7. The van der Waals surface area contributed by atoms with Crippen LogP contribution in [-0.2, 0) is 20.7 Å². The van der Waals surface area contributed by atoms with E-state index in [4.69, 9.17) is 4.74 Å². The molecule has 0 saturated heterocycles. The van der Waals surface area contributed by atoms with Crippen LogP contribution in [-0.4, -0.2) is 44.1 Å². The summed E-state index contributed by atoms with van der Waals surface area (Å²) >= 11 is 0. The van der Waals surface area contributed by atoms with Gasteiger partial charge in [-0.3, -0.25) is 9.59 Å². The zero-order valence-electron chi connectivity index (χ0n) is 16.7. The molecule has 0 aromatic carbocycles. The van der Waals surface area contributed by atoms with Crippen LogP contribution in [0.15, 0.2) is 18.0 Å². The molecule has 8 heteroatoms. The monoisotopic (exact) mass is 385 g/mol. The van der Waals surface area contributed by atoms with E-state index in [0.717, 1.165) is 30.5 Å². The molecule has 0 aliphatic heterocycles. The van der Waals surface area contributed by atoms with Crippen molar-refractivity contribution in [1.29, 1.82) is 0 Å². The molecule has 0 unspecified atom stereocenters. The molecule has 0 radical (unpaired) electrons. The van der Waals surface area contributed by atoms with Gasteiger partial charge in [-0.25, -0.2) is 9.50 Å². The van der Waals surface area contributed by atoms with Gasteiger partial charge in [-0.1, -0.05) is 11.6 Å². The van der Waals surface area contributed by atoms with Gasteiger partial charge >= 0.3 is 5.97 Å². The molecule has 1 atom stereocenters. The molecule has 0 bridgehead atoms. The third-order valence-corrected chi connectivity index (χ3v) is 5.12. The fourth-order valence-electron chi connectivity index (χ4n) is 3.47. The fourth-order valence-corrected chi connectivity index (χ4v) is 3.47. The van der Waals surface area contributed by atoms with Crippen molar-refractivity contribution in [2.45, 2.75) is 65.4 Å². The van der Waals surface area contributed by atoms with E-state index < -0.39 is 12.1 Å². The summed E-state index contributed by atoms with van der Waals surface area (Å²) in [4.78, 5) is 33.0. The summed E-state index contributed by atoms with van der Waals surface area (Å²) < 4.78 is 6.91. The van der Waals surface area contributed by atoms with E-state index in [1.54, 1.807) is 11.4 Å². The molecule has 28 heavy (non-hydrogen) atoms. The van der Waals surface area contributed by atoms with Gasteiger partial charge < -0.3 is 10.1 Å². The third kappa shape index (κ3) is 4.74. The quantitative estimate of drug-likeness (QED) is 0.580. The molecular formula is C20H27N5O3. The lowest BCUT2D eigenvalue weighted by atomic mass is 9.97. The van der Waals surface area contributed by atoms with E-state index >= 15 is 0 Å². The number of ether oxygens (including phenoxy) is 1. The minimum absolute atomic E-state index is 0.0327. The molecule has 0 spiro atoms. The number of hydrogen-bond acceptors (Lipinski definition) is 6.